The number of nitrogens with one attached hydrogen (secondary N) is 1. The minimum absolute atomic E-state index is 0.0668. The number of thiophene rings is 1. The van der Waals surface area contributed by atoms with Crippen molar-refractivity contribution < 1.29 is 17.9 Å². The van der Waals surface area contributed by atoms with Crippen molar-refractivity contribution >= 4 is 27.3 Å². The van der Waals surface area contributed by atoms with Crippen LogP contribution in [0.5, 0.6) is 5.75 Å². The maximum Gasteiger partial charge on any atom is 0.254 e. The summed E-state index contributed by atoms with van der Waals surface area (Å²) < 4.78 is 32.8. The van der Waals surface area contributed by atoms with Crippen molar-refractivity contribution in [2.24, 2.45) is 0 Å². The van der Waals surface area contributed by atoms with Gasteiger partial charge in [-0.05, 0) is 42.6 Å². The van der Waals surface area contributed by atoms with Crippen molar-refractivity contribution in [3.63, 3.8) is 0 Å². The molecular formula is C19H25N3O4S2. The van der Waals surface area contributed by atoms with Crippen LogP contribution in [0.3, 0.4) is 0 Å². The van der Waals surface area contributed by atoms with Crippen molar-refractivity contribution in [2.75, 3.05) is 45.9 Å². The molecule has 2 heterocycles. The van der Waals surface area contributed by atoms with Crippen LogP contribution in [0.2, 0.25) is 0 Å². The lowest BCUT2D eigenvalue weighted by molar-refractivity contribution is 0.0640. The van der Waals surface area contributed by atoms with Gasteiger partial charge in [0.25, 0.3) is 5.91 Å². The molecular weight excluding hydrogens is 398 g/mol. The molecule has 1 aromatic heterocycles. The lowest BCUT2D eigenvalue weighted by Gasteiger charge is -2.34. The molecule has 0 radical (unpaired) electrons. The Kier molecular flexibility index (Phi) is 7.06. The number of piperazine rings is 1. The average molecular weight is 424 g/mol. The van der Waals surface area contributed by atoms with Gasteiger partial charge in [0.1, 0.15) is 5.75 Å². The molecule has 0 spiro atoms. The highest BCUT2D eigenvalue weighted by atomic mass is 32.2. The van der Waals surface area contributed by atoms with E-state index in [0.717, 1.165) is 18.7 Å². The second-order valence-electron chi connectivity index (χ2n) is 6.45. The van der Waals surface area contributed by atoms with Gasteiger partial charge in [-0.15, -0.1) is 0 Å². The standard InChI is InChI=1S/C19H25N3O4S2/c1-2-26-17-3-5-18(6-4-17)28(24,25)20-8-9-21-10-12-22(13-11-21)19(23)16-7-14-27-15-16/h3-7,14-15,20H,2,8-13H2,1H3. The lowest BCUT2D eigenvalue weighted by atomic mass is 10.2. The zero-order valence-corrected chi connectivity index (χ0v) is 17.5. The molecule has 1 aliphatic rings. The van der Waals surface area contributed by atoms with Crippen LogP contribution in [0.25, 0.3) is 0 Å². The van der Waals surface area contributed by atoms with Crippen LogP contribution in [0.4, 0.5) is 0 Å². The van der Waals surface area contributed by atoms with E-state index in [2.05, 4.69) is 9.62 Å². The van der Waals surface area contributed by atoms with Gasteiger partial charge in [0, 0.05) is 44.6 Å². The number of hydrogen-bond donors (Lipinski definition) is 1. The van der Waals surface area contributed by atoms with Gasteiger partial charge in [-0.2, -0.15) is 11.3 Å². The van der Waals surface area contributed by atoms with Gasteiger partial charge < -0.3 is 9.64 Å². The average Bonchev–Trinajstić information content (AvgIpc) is 3.23. The minimum Gasteiger partial charge on any atom is -0.494 e. The third-order valence-electron chi connectivity index (χ3n) is 4.59. The number of rotatable bonds is 8. The number of nitrogens with zero attached hydrogens (tertiary/aromatic N) is 2. The third kappa shape index (κ3) is 5.32. The molecule has 2 aromatic rings. The van der Waals surface area contributed by atoms with Gasteiger partial charge in [0.2, 0.25) is 10.0 Å². The Hall–Kier alpha value is -1.94. The second-order valence-corrected chi connectivity index (χ2v) is 9.00. The number of sulfonamides is 1. The van der Waals surface area contributed by atoms with E-state index in [-0.39, 0.29) is 10.8 Å². The molecule has 1 saturated heterocycles. The first kappa shape index (κ1) is 20.8. The fourth-order valence-electron chi connectivity index (χ4n) is 3.05. The summed E-state index contributed by atoms with van der Waals surface area (Å²) in [5.41, 5.74) is 0.738. The molecule has 152 valence electrons. The Morgan fingerprint density at radius 2 is 1.86 bits per heavy atom. The van der Waals surface area contributed by atoms with Gasteiger partial charge >= 0.3 is 0 Å². The van der Waals surface area contributed by atoms with E-state index < -0.39 is 10.0 Å². The van der Waals surface area contributed by atoms with Crippen molar-refractivity contribution in [1.29, 1.82) is 0 Å². The second kappa shape index (κ2) is 9.51. The highest BCUT2D eigenvalue weighted by molar-refractivity contribution is 7.89. The van der Waals surface area contributed by atoms with E-state index in [4.69, 9.17) is 4.74 Å². The molecule has 0 unspecified atom stereocenters. The molecule has 3 rings (SSSR count). The summed E-state index contributed by atoms with van der Waals surface area (Å²) in [4.78, 5) is 16.6. The smallest absolute Gasteiger partial charge is 0.254 e. The maximum absolute atomic E-state index is 12.4. The third-order valence-corrected chi connectivity index (χ3v) is 6.75. The van der Waals surface area contributed by atoms with E-state index in [1.807, 2.05) is 28.7 Å². The molecule has 1 amide bonds. The Balaban J connectivity index is 1.43. The van der Waals surface area contributed by atoms with E-state index >= 15 is 0 Å². The van der Waals surface area contributed by atoms with E-state index in [9.17, 15) is 13.2 Å². The number of amides is 1. The topological polar surface area (TPSA) is 79.0 Å². The highest BCUT2D eigenvalue weighted by Crippen LogP contribution is 2.16. The first-order chi connectivity index (χ1) is 13.5. The highest BCUT2D eigenvalue weighted by Gasteiger charge is 2.22. The Morgan fingerprint density at radius 1 is 1.14 bits per heavy atom. The molecule has 1 fully saturated rings. The van der Waals surface area contributed by atoms with E-state index in [1.165, 1.54) is 11.3 Å². The number of benzene rings is 1. The number of ether oxygens (including phenoxy) is 1. The predicted octanol–water partition coefficient (Wildman–Crippen LogP) is 1.88. The summed E-state index contributed by atoms with van der Waals surface area (Å²) in [5.74, 6) is 0.716. The van der Waals surface area contributed by atoms with Crippen LogP contribution in [-0.2, 0) is 10.0 Å². The van der Waals surface area contributed by atoms with Crippen LogP contribution >= 0.6 is 11.3 Å². The number of carbonyl (C=O) groups is 1. The van der Waals surface area contributed by atoms with Crippen LogP contribution in [0.15, 0.2) is 46.0 Å². The quantitative estimate of drug-likeness (QED) is 0.701. The Bertz CT molecular complexity index is 859. The minimum atomic E-state index is -3.54. The molecule has 0 bridgehead atoms. The summed E-state index contributed by atoms with van der Waals surface area (Å²) in [6.07, 6.45) is 0. The fraction of sp³-hybridized carbons (Fsp3) is 0.421. The molecule has 1 aliphatic heterocycles. The van der Waals surface area contributed by atoms with Gasteiger partial charge in [-0.25, -0.2) is 13.1 Å². The number of hydrogen-bond acceptors (Lipinski definition) is 6. The van der Waals surface area contributed by atoms with E-state index in [0.29, 0.717) is 38.5 Å². The first-order valence-corrected chi connectivity index (χ1v) is 11.7. The van der Waals surface area contributed by atoms with Crippen LogP contribution < -0.4 is 9.46 Å². The zero-order valence-electron chi connectivity index (χ0n) is 15.8. The normalized spacial score (nSPS) is 15.5. The van der Waals surface area contributed by atoms with Crippen molar-refractivity contribution in [2.45, 2.75) is 11.8 Å². The van der Waals surface area contributed by atoms with Crippen LogP contribution in [-0.4, -0.2) is 70.0 Å². The Labute approximate surface area is 170 Å². The van der Waals surface area contributed by atoms with Gasteiger partial charge in [-0.1, -0.05) is 0 Å². The molecule has 0 atom stereocenters. The summed E-state index contributed by atoms with van der Waals surface area (Å²) >= 11 is 1.52. The van der Waals surface area contributed by atoms with Gasteiger partial charge in [0.05, 0.1) is 17.1 Å². The molecule has 9 heteroatoms. The van der Waals surface area contributed by atoms with Crippen molar-refractivity contribution in [3.05, 3.63) is 46.7 Å². The van der Waals surface area contributed by atoms with Crippen molar-refractivity contribution in [1.82, 2.24) is 14.5 Å². The summed E-state index contributed by atoms with van der Waals surface area (Å²) in [6.45, 7) is 6.13. The molecule has 0 saturated carbocycles. The summed E-state index contributed by atoms with van der Waals surface area (Å²) in [7, 11) is -3.54. The van der Waals surface area contributed by atoms with Crippen LogP contribution in [0.1, 0.15) is 17.3 Å². The molecule has 7 nitrogen and oxygen atoms in total. The summed E-state index contributed by atoms with van der Waals surface area (Å²) in [5, 5.41) is 3.77. The fourth-order valence-corrected chi connectivity index (χ4v) is 4.70. The largest absolute Gasteiger partial charge is 0.494 e. The maximum atomic E-state index is 12.4. The van der Waals surface area contributed by atoms with Gasteiger partial charge in [-0.3, -0.25) is 9.69 Å². The van der Waals surface area contributed by atoms with Crippen molar-refractivity contribution in [3.8, 4) is 5.75 Å². The Morgan fingerprint density at radius 3 is 2.46 bits per heavy atom. The van der Waals surface area contributed by atoms with Gasteiger partial charge in [0.15, 0.2) is 0 Å². The summed E-state index contributed by atoms with van der Waals surface area (Å²) in [6, 6.07) is 8.24. The zero-order chi connectivity index (χ0) is 20.0. The number of carbonyl (C=O) groups excluding carboxylic acids is 1. The molecule has 28 heavy (non-hydrogen) atoms. The van der Waals surface area contributed by atoms with E-state index in [1.54, 1.807) is 24.3 Å². The first-order valence-electron chi connectivity index (χ1n) is 9.26. The molecule has 1 N–H and O–H groups in total. The SMILES string of the molecule is CCOc1ccc(S(=O)(=O)NCCN2CCN(C(=O)c3ccsc3)CC2)cc1. The van der Waals surface area contributed by atoms with Crippen LogP contribution in [0, 0.1) is 0 Å². The molecule has 0 aliphatic carbocycles. The molecule has 1 aromatic carbocycles. The monoisotopic (exact) mass is 423 g/mol. The lowest BCUT2D eigenvalue weighted by Crippen LogP contribution is -2.50. The predicted molar refractivity (Wildman–Crippen MR) is 109 cm³/mol.